The molecule has 0 spiro atoms. The molecule has 1 saturated heterocycles. The third kappa shape index (κ3) is 4.25. The molecule has 1 aliphatic heterocycles. The molecule has 4 rings (SSSR count). The van der Waals surface area contributed by atoms with Crippen LogP contribution in [0.4, 0.5) is 11.5 Å². The van der Waals surface area contributed by atoms with Crippen LogP contribution in [0.15, 0.2) is 47.4 Å². The maximum absolute atomic E-state index is 12.2. The highest BCUT2D eigenvalue weighted by atomic mass is 16.5. The van der Waals surface area contributed by atoms with Gasteiger partial charge in [-0.05, 0) is 25.0 Å². The average Bonchev–Trinajstić information content (AvgIpc) is 3.44. The van der Waals surface area contributed by atoms with Gasteiger partial charge in [0, 0.05) is 56.3 Å². The van der Waals surface area contributed by atoms with Gasteiger partial charge < -0.3 is 20.1 Å². The Bertz CT molecular complexity index is 923. The van der Waals surface area contributed by atoms with Gasteiger partial charge >= 0.3 is 0 Å². The summed E-state index contributed by atoms with van der Waals surface area (Å²) in [5.74, 6) is 0.905. The van der Waals surface area contributed by atoms with Gasteiger partial charge in [-0.3, -0.25) is 9.78 Å². The van der Waals surface area contributed by atoms with Crippen molar-refractivity contribution >= 4 is 17.4 Å². The number of amides is 1. The summed E-state index contributed by atoms with van der Waals surface area (Å²) in [6.07, 6.45) is 7.53. The van der Waals surface area contributed by atoms with Crippen molar-refractivity contribution in [3.8, 4) is 11.3 Å². The fraction of sp³-hybridized carbons (Fsp3) is 0.316. The first-order chi connectivity index (χ1) is 13.8. The molecule has 28 heavy (non-hydrogen) atoms. The van der Waals surface area contributed by atoms with Crippen molar-refractivity contribution in [3.05, 3.63) is 48.5 Å². The van der Waals surface area contributed by atoms with E-state index >= 15 is 0 Å². The number of pyridine rings is 1. The van der Waals surface area contributed by atoms with Crippen LogP contribution in [-0.2, 0) is 0 Å². The summed E-state index contributed by atoms with van der Waals surface area (Å²) in [6.45, 7) is 3.06. The van der Waals surface area contributed by atoms with Crippen LogP contribution in [0.25, 0.3) is 11.3 Å². The summed E-state index contributed by atoms with van der Waals surface area (Å²) in [6, 6.07) is 7.23. The maximum Gasteiger partial charge on any atom is 0.273 e. The Kier molecular flexibility index (Phi) is 5.41. The van der Waals surface area contributed by atoms with Gasteiger partial charge in [0.1, 0.15) is 0 Å². The monoisotopic (exact) mass is 379 g/mol. The van der Waals surface area contributed by atoms with E-state index in [1.165, 1.54) is 12.8 Å². The highest BCUT2D eigenvalue weighted by Crippen LogP contribution is 2.21. The Balaban J connectivity index is 1.26. The summed E-state index contributed by atoms with van der Waals surface area (Å²) in [5.41, 5.74) is 2.08. The van der Waals surface area contributed by atoms with Crippen molar-refractivity contribution in [3.63, 3.8) is 0 Å². The van der Waals surface area contributed by atoms with Crippen LogP contribution in [0.2, 0.25) is 0 Å². The molecule has 0 bridgehead atoms. The molecule has 9 nitrogen and oxygen atoms in total. The number of carbonyl (C=O) groups excluding carboxylic acids is 1. The zero-order valence-corrected chi connectivity index (χ0v) is 15.3. The number of anilines is 2. The fourth-order valence-corrected chi connectivity index (χ4v) is 3.08. The second-order valence-corrected chi connectivity index (χ2v) is 6.49. The van der Waals surface area contributed by atoms with Crippen molar-refractivity contribution in [1.29, 1.82) is 0 Å². The number of hydrogen-bond acceptors (Lipinski definition) is 8. The first kappa shape index (κ1) is 17.9. The molecule has 0 aliphatic carbocycles. The standard InChI is InChI=1S/C19H21N7O2/c27-19(16-11-17(28-25-16)14-4-3-5-20-12-14)22-7-6-21-18-10-15(13-23-24-18)26-8-1-2-9-26/h3-5,10-13H,1-2,6-9H2,(H,21,24)(H,22,27). The smallest absolute Gasteiger partial charge is 0.273 e. The number of nitrogens with one attached hydrogen (secondary N) is 2. The Morgan fingerprint density at radius 1 is 1.18 bits per heavy atom. The molecule has 3 aromatic heterocycles. The number of hydrogen-bond donors (Lipinski definition) is 2. The molecule has 2 N–H and O–H groups in total. The topological polar surface area (TPSA) is 109 Å². The average molecular weight is 379 g/mol. The molecule has 0 aromatic carbocycles. The molecule has 9 heteroatoms. The summed E-state index contributed by atoms with van der Waals surface area (Å²) in [4.78, 5) is 18.5. The maximum atomic E-state index is 12.2. The minimum absolute atomic E-state index is 0.231. The van der Waals surface area contributed by atoms with Gasteiger partial charge in [0.05, 0.1) is 11.9 Å². The molecule has 1 fully saturated rings. The van der Waals surface area contributed by atoms with Crippen LogP contribution < -0.4 is 15.5 Å². The molecule has 0 saturated carbocycles. The van der Waals surface area contributed by atoms with Gasteiger partial charge in [-0.2, -0.15) is 5.10 Å². The number of carbonyl (C=O) groups is 1. The molecule has 144 valence electrons. The van der Waals surface area contributed by atoms with E-state index in [0.717, 1.165) is 24.3 Å². The zero-order valence-electron chi connectivity index (χ0n) is 15.3. The lowest BCUT2D eigenvalue weighted by Crippen LogP contribution is -2.29. The first-order valence-corrected chi connectivity index (χ1v) is 9.26. The second-order valence-electron chi connectivity index (χ2n) is 6.49. The van der Waals surface area contributed by atoms with Crippen LogP contribution in [0, 0.1) is 0 Å². The van der Waals surface area contributed by atoms with E-state index in [-0.39, 0.29) is 11.6 Å². The van der Waals surface area contributed by atoms with Crippen molar-refractivity contribution < 1.29 is 9.32 Å². The molecule has 1 amide bonds. The van der Waals surface area contributed by atoms with Crippen LogP contribution >= 0.6 is 0 Å². The number of rotatable bonds is 7. The normalized spacial score (nSPS) is 13.5. The van der Waals surface area contributed by atoms with E-state index in [1.807, 2.05) is 12.1 Å². The van der Waals surface area contributed by atoms with E-state index < -0.39 is 0 Å². The predicted molar refractivity (Wildman–Crippen MR) is 104 cm³/mol. The lowest BCUT2D eigenvalue weighted by atomic mass is 10.2. The van der Waals surface area contributed by atoms with E-state index in [4.69, 9.17) is 4.52 Å². The van der Waals surface area contributed by atoms with Gasteiger partial charge in [-0.25, -0.2) is 0 Å². The van der Waals surface area contributed by atoms with Crippen LogP contribution in [0.1, 0.15) is 23.3 Å². The Morgan fingerprint density at radius 2 is 2.07 bits per heavy atom. The molecule has 3 aromatic rings. The Labute approximate surface area is 162 Å². The van der Waals surface area contributed by atoms with Gasteiger partial charge in [0.15, 0.2) is 17.3 Å². The largest absolute Gasteiger partial charge is 0.370 e. The molecule has 0 atom stereocenters. The van der Waals surface area contributed by atoms with E-state index in [2.05, 4.69) is 35.9 Å². The van der Waals surface area contributed by atoms with Crippen LogP contribution in [-0.4, -0.2) is 52.4 Å². The summed E-state index contributed by atoms with van der Waals surface area (Å²) >= 11 is 0. The summed E-state index contributed by atoms with van der Waals surface area (Å²) < 4.78 is 5.22. The van der Waals surface area contributed by atoms with E-state index in [1.54, 1.807) is 30.7 Å². The highest BCUT2D eigenvalue weighted by molar-refractivity contribution is 5.93. The third-order valence-electron chi connectivity index (χ3n) is 4.52. The minimum atomic E-state index is -0.294. The van der Waals surface area contributed by atoms with Gasteiger partial charge in [-0.15, -0.1) is 5.10 Å². The SMILES string of the molecule is O=C(NCCNc1cc(N2CCCC2)cnn1)c1cc(-c2cccnc2)on1. The first-order valence-electron chi connectivity index (χ1n) is 9.26. The molecule has 0 radical (unpaired) electrons. The third-order valence-corrected chi connectivity index (χ3v) is 4.52. The van der Waals surface area contributed by atoms with Crippen molar-refractivity contribution in [2.45, 2.75) is 12.8 Å². The number of aromatic nitrogens is 4. The zero-order chi connectivity index (χ0) is 19.2. The predicted octanol–water partition coefficient (Wildman–Crippen LogP) is 1.97. The second kappa shape index (κ2) is 8.47. The van der Waals surface area contributed by atoms with Gasteiger partial charge in [0.2, 0.25) is 0 Å². The van der Waals surface area contributed by atoms with Crippen LogP contribution in [0.5, 0.6) is 0 Å². The Morgan fingerprint density at radius 3 is 2.89 bits per heavy atom. The number of nitrogens with zero attached hydrogens (tertiary/aromatic N) is 5. The quantitative estimate of drug-likeness (QED) is 0.600. The van der Waals surface area contributed by atoms with Crippen molar-refractivity contribution in [2.75, 3.05) is 36.4 Å². The lowest BCUT2D eigenvalue weighted by Gasteiger charge is -2.17. The summed E-state index contributed by atoms with van der Waals surface area (Å²) in [7, 11) is 0. The van der Waals surface area contributed by atoms with Gasteiger partial charge in [-0.1, -0.05) is 5.16 Å². The Hall–Kier alpha value is -3.49. The molecular weight excluding hydrogens is 358 g/mol. The van der Waals surface area contributed by atoms with Crippen LogP contribution in [0.3, 0.4) is 0 Å². The van der Waals surface area contributed by atoms with E-state index in [9.17, 15) is 4.79 Å². The fourth-order valence-electron chi connectivity index (χ4n) is 3.08. The molecule has 4 heterocycles. The van der Waals surface area contributed by atoms with E-state index in [0.29, 0.717) is 24.7 Å². The molecule has 1 aliphatic rings. The minimum Gasteiger partial charge on any atom is -0.370 e. The van der Waals surface area contributed by atoms with Crippen molar-refractivity contribution in [1.82, 2.24) is 25.7 Å². The summed E-state index contributed by atoms with van der Waals surface area (Å²) in [5, 5.41) is 17.9. The van der Waals surface area contributed by atoms with Gasteiger partial charge in [0.25, 0.3) is 5.91 Å². The lowest BCUT2D eigenvalue weighted by molar-refractivity contribution is 0.0946. The molecular formula is C19H21N7O2. The highest BCUT2D eigenvalue weighted by Gasteiger charge is 2.14. The van der Waals surface area contributed by atoms with Crippen molar-refractivity contribution in [2.24, 2.45) is 0 Å². The molecule has 0 unspecified atom stereocenters.